The molecule has 3 rings (SSSR count). The Kier molecular flexibility index (Phi) is 3.40. The zero-order valence-electron chi connectivity index (χ0n) is 11.0. The molecule has 2 aliphatic carbocycles. The van der Waals surface area contributed by atoms with E-state index in [1.54, 1.807) is 11.1 Å². The van der Waals surface area contributed by atoms with Crippen LogP contribution in [-0.4, -0.2) is 24.8 Å². The fraction of sp³-hybridized carbons (Fsp3) is 0.625. The van der Waals surface area contributed by atoms with Crippen LogP contribution in [0.25, 0.3) is 0 Å². The third-order valence-electron chi connectivity index (χ3n) is 4.55. The quantitative estimate of drug-likeness (QED) is 0.752. The predicted molar refractivity (Wildman–Crippen MR) is 73.8 cm³/mol. The van der Waals surface area contributed by atoms with Gasteiger partial charge in [0.2, 0.25) is 0 Å². The van der Waals surface area contributed by atoms with Gasteiger partial charge in [0.1, 0.15) is 0 Å². The van der Waals surface area contributed by atoms with Gasteiger partial charge in [-0.25, -0.2) is 0 Å². The molecule has 0 atom stereocenters. The Balaban J connectivity index is 1.46. The molecule has 2 N–H and O–H groups in total. The average molecular weight is 245 g/mol. The number of aryl methyl sites for hydroxylation is 2. The summed E-state index contributed by atoms with van der Waals surface area (Å²) >= 11 is 0. The van der Waals surface area contributed by atoms with Crippen molar-refractivity contribution in [2.24, 2.45) is 5.41 Å². The molecule has 98 valence electrons. The molecule has 0 amide bonds. The zero-order chi connectivity index (χ0) is 12.4. The summed E-state index contributed by atoms with van der Waals surface area (Å²) in [5.41, 5.74) is 4.82. The van der Waals surface area contributed by atoms with Crippen LogP contribution in [0.2, 0.25) is 0 Å². The average Bonchev–Trinajstić information content (AvgIpc) is 3.03. The number of fused-ring (bicyclic) bond motifs is 1. The molecule has 18 heavy (non-hydrogen) atoms. The van der Waals surface area contributed by atoms with Gasteiger partial charge in [0.05, 0.1) is 0 Å². The van der Waals surface area contributed by atoms with Gasteiger partial charge in [0, 0.05) is 18.6 Å². The molecule has 0 aromatic heterocycles. The first-order chi connectivity index (χ1) is 8.81. The highest BCUT2D eigenvalue weighted by molar-refractivity contribution is 5.35. The van der Waals surface area contributed by atoms with Crippen LogP contribution in [0.1, 0.15) is 36.0 Å². The minimum atomic E-state index is 0.234. The lowest BCUT2D eigenvalue weighted by Crippen LogP contribution is -2.28. The van der Waals surface area contributed by atoms with Crippen LogP contribution in [0.3, 0.4) is 0 Å². The largest absolute Gasteiger partial charge is 0.396 e. The predicted octanol–water partition coefficient (Wildman–Crippen LogP) is 2.08. The molecule has 1 saturated carbocycles. The Morgan fingerprint density at radius 3 is 2.78 bits per heavy atom. The molecule has 1 fully saturated rings. The number of benzene rings is 1. The molecule has 0 radical (unpaired) electrons. The molecule has 1 aromatic carbocycles. The second kappa shape index (κ2) is 5.02. The third-order valence-corrected chi connectivity index (χ3v) is 4.55. The molecule has 2 heteroatoms. The standard InChI is InChI=1S/C16H23NO/c18-12-16(7-8-16)11-17-9-6-13-4-5-14-2-1-3-15(14)10-13/h4-5,10,17-18H,1-3,6-9,11-12H2. The van der Waals surface area contributed by atoms with Gasteiger partial charge >= 0.3 is 0 Å². The summed E-state index contributed by atoms with van der Waals surface area (Å²) in [6.45, 7) is 2.35. The van der Waals surface area contributed by atoms with Gasteiger partial charge in [-0.2, -0.15) is 0 Å². The van der Waals surface area contributed by atoms with Crippen molar-refractivity contribution >= 4 is 0 Å². The number of hydrogen-bond acceptors (Lipinski definition) is 2. The Morgan fingerprint density at radius 1 is 1.17 bits per heavy atom. The summed E-state index contributed by atoms with van der Waals surface area (Å²) in [4.78, 5) is 0. The van der Waals surface area contributed by atoms with Crippen LogP contribution >= 0.6 is 0 Å². The van der Waals surface area contributed by atoms with Gasteiger partial charge in [-0.15, -0.1) is 0 Å². The van der Waals surface area contributed by atoms with Crippen LogP contribution in [0, 0.1) is 5.41 Å². The summed E-state index contributed by atoms with van der Waals surface area (Å²) < 4.78 is 0. The number of rotatable bonds is 6. The second-order valence-corrected chi connectivity index (χ2v) is 6.04. The first kappa shape index (κ1) is 12.2. The van der Waals surface area contributed by atoms with E-state index in [2.05, 4.69) is 23.5 Å². The van der Waals surface area contributed by atoms with Gasteiger partial charge in [0.15, 0.2) is 0 Å². The van der Waals surface area contributed by atoms with Crippen LogP contribution in [0.4, 0.5) is 0 Å². The Labute approximate surface area is 109 Å². The first-order valence-corrected chi connectivity index (χ1v) is 7.24. The van der Waals surface area contributed by atoms with Crippen molar-refractivity contribution < 1.29 is 5.11 Å². The monoisotopic (exact) mass is 245 g/mol. The van der Waals surface area contributed by atoms with E-state index in [1.807, 2.05) is 0 Å². The highest BCUT2D eigenvalue weighted by atomic mass is 16.3. The summed E-state index contributed by atoms with van der Waals surface area (Å²) in [5.74, 6) is 0. The summed E-state index contributed by atoms with van der Waals surface area (Å²) in [5, 5.41) is 12.7. The topological polar surface area (TPSA) is 32.3 Å². The van der Waals surface area contributed by atoms with Crippen LogP contribution in [-0.2, 0) is 19.3 Å². The smallest absolute Gasteiger partial charge is 0.0499 e. The van der Waals surface area contributed by atoms with E-state index in [0.717, 1.165) is 19.5 Å². The van der Waals surface area contributed by atoms with Gasteiger partial charge in [-0.3, -0.25) is 0 Å². The van der Waals surface area contributed by atoms with Crippen LogP contribution < -0.4 is 5.32 Å². The first-order valence-electron chi connectivity index (χ1n) is 7.24. The fourth-order valence-corrected chi connectivity index (χ4v) is 2.93. The van der Waals surface area contributed by atoms with Crippen LogP contribution in [0.5, 0.6) is 0 Å². The second-order valence-electron chi connectivity index (χ2n) is 6.04. The molecule has 0 spiro atoms. The van der Waals surface area contributed by atoms with Crippen molar-refractivity contribution in [3.8, 4) is 0 Å². The molecule has 2 aliphatic rings. The van der Waals surface area contributed by atoms with E-state index < -0.39 is 0 Å². The maximum absolute atomic E-state index is 9.24. The van der Waals surface area contributed by atoms with E-state index in [1.165, 1.54) is 37.7 Å². The normalized spacial score (nSPS) is 19.8. The van der Waals surface area contributed by atoms with Gasteiger partial charge in [-0.05, 0) is 61.8 Å². The summed E-state index contributed by atoms with van der Waals surface area (Å²) in [6.07, 6.45) is 7.35. The Bertz CT molecular complexity index is 423. The number of nitrogens with one attached hydrogen (secondary N) is 1. The van der Waals surface area contributed by atoms with Crippen molar-refractivity contribution in [3.63, 3.8) is 0 Å². The molecule has 0 unspecified atom stereocenters. The molecule has 2 nitrogen and oxygen atoms in total. The van der Waals surface area contributed by atoms with Crippen molar-refractivity contribution in [1.29, 1.82) is 0 Å². The number of aliphatic hydroxyl groups is 1. The lowest BCUT2D eigenvalue weighted by atomic mass is 10.0. The molecular formula is C16H23NO. The van der Waals surface area contributed by atoms with Crippen LogP contribution in [0.15, 0.2) is 18.2 Å². The van der Waals surface area contributed by atoms with E-state index >= 15 is 0 Å². The maximum Gasteiger partial charge on any atom is 0.0499 e. The highest BCUT2D eigenvalue weighted by Crippen LogP contribution is 2.44. The van der Waals surface area contributed by atoms with E-state index in [0.29, 0.717) is 6.61 Å². The van der Waals surface area contributed by atoms with Gasteiger partial charge in [-0.1, -0.05) is 18.2 Å². The summed E-state index contributed by atoms with van der Waals surface area (Å²) in [6, 6.07) is 6.99. The van der Waals surface area contributed by atoms with Crippen molar-refractivity contribution in [2.75, 3.05) is 19.7 Å². The third kappa shape index (κ3) is 2.60. The van der Waals surface area contributed by atoms with E-state index in [9.17, 15) is 5.11 Å². The molecule has 0 heterocycles. The van der Waals surface area contributed by atoms with Gasteiger partial charge in [0.25, 0.3) is 0 Å². The number of aliphatic hydroxyl groups excluding tert-OH is 1. The molecule has 0 saturated heterocycles. The fourth-order valence-electron chi connectivity index (χ4n) is 2.93. The minimum Gasteiger partial charge on any atom is -0.396 e. The molecular weight excluding hydrogens is 222 g/mol. The minimum absolute atomic E-state index is 0.234. The zero-order valence-corrected chi connectivity index (χ0v) is 11.0. The SMILES string of the molecule is OCC1(CNCCc2ccc3c(c2)CCC3)CC1. The maximum atomic E-state index is 9.24. The lowest BCUT2D eigenvalue weighted by molar-refractivity contribution is 0.208. The lowest BCUT2D eigenvalue weighted by Gasteiger charge is -2.12. The van der Waals surface area contributed by atoms with Crippen molar-refractivity contribution in [2.45, 2.75) is 38.5 Å². The highest BCUT2D eigenvalue weighted by Gasteiger charge is 2.41. The van der Waals surface area contributed by atoms with E-state index in [-0.39, 0.29) is 5.41 Å². The van der Waals surface area contributed by atoms with E-state index in [4.69, 9.17) is 0 Å². The van der Waals surface area contributed by atoms with Crippen molar-refractivity contribution in [1.82, 2.24) is 5.32 Å². The molecule has 1 aromatic rings. The van der Waals surface area contributed by atoms with Crippen molar-refractivity contribution in [3.05, 3.63) is 34.9 Å². The number of hydrogen-bond donors (Lipinski definition) is 2. The Hall–Kier alpha value is -0.860. The molecule has 0 aliphatic heterocycles. The Morgan fingerprint density at radius 2 is 2.00 bits per heavy atom. The molecule has 0 bridgehead atoms. The summed E-state index contributed by atoms with van der Waals surface area (Å²) in [7, 11) is 0. The van der Waals surface area contributed by atoms with Gasteiger partial charge < -0.3 is 10.4 Å².